The highest BCUT2D eigenvalue weighted by Gasteiger charge is 2.30. The molecule has 0 fully saturated rings. The highest BCUT2D eigenvalue weighted by atomic mass is 19.4. The topological polar surface area (TPSA) is 70.7 Å². The van der Waals surface area contributed by atoms with E-state index in [4.69, 9.17) is 0 Å². The van der Waals surface area contributed by atoms with Crippen LogP contribution in [0.3, 0.4) is 0 Å². The van der Waals surface area contributed by atoms with Gasteiger partial charge in [-0.3, -0.25) is 9.78 Å². The van der Waals surface area contributed by atoms with Gasteiger partial charge in [0.05, 0.1) is 16.6 Å². The van der Waals surface area contributed by atoms with Gasteiger partial charge in [-0.15, -0.1) is 0 Å². The lowest BCUT2D eigenvalue weighted by Crippen LogP contribution is -2.23. The van der Waals surface area contributed by atoms with Crippen LogP contribution in [0.5, 0.6) is 0 Å². The zero-order chi connectivity index (χ0) is 20.4. The van der Waals surface area contributed by atoms with Gasteiger partial charge in [0.25, 0.3) is 5.91 Å². The number of benzene rings is 2. The molecule has 0 radical (unpaired) electrons. The maximum absolute atomic E-state index is 13.0. The fourth-order valence-corrected chi connectivity index (χ4v) is 2.97. The Balaban J connectivity index is 1.64. The average Bonchev–Trinajstić information content (AvgIpc) is 3.17. The molecule has 2 aromatic carbocycles. The van der Waals surface area contributed by atoms with E-state index in [1.165, 1.54) is 12.1 Å². The number of halogens is 3. The van der Waals surface area contributed by atoms with E-state index in [1.807, 2.05) is 0 Å². The van der Waals surface area contributed by atoms with E-state index in [9.17, 15) is 18.0 Å². The van der Waals surface area contributed by atoms with E-state index in [-0.39, 0.29) is 11.7 Å². The summed E-state index contributed by atoms with van der Waals surface area (Å²) in [5.41, 5.74) is 1.73. The summed E-state index contributed by atoms with van der Waals surface area (Å²) in [5, 5.41) is 2.82. The van der Waals surface area contributed by atoms with Crippen LogP contribution in [0, 0.1) is 0 Å². The Kier molecular flexibility index (Phi) is 4.75. The molecule has 0 spiro atoms. The number of carbonyl (C=O) groups excluding carboxylic acids is 1. The molecule has 2 N–H and O–H groups in total. The summed E-state index contributed by atoms with van der Waals surface area (Å²) in [6.45, 7) is 0.322. The molecule has 0 bridgehead atoms. The lowest BCUT2D eigenvalue weighted by atomic mass is 10.1. The van der Waals surface area contributed by atoms with Crippen LogP contribution in [0.15, 0.2) is 67.0 Å². The average molecular weight is 396 g/mol. The van der Waals surface area contributed by atoms with Crippen molar-refractivity contribution in [2.45, 2.75) is 12.7 Å². The molecule has 0 unspecified atom stereocenters. The third-order valence-corrected chi connectivity index (χ3v) is 4.42. The number of pyridine rings is 1. The normalized spacial score (nSPS) is 11.6. The van der Waals surface area contributed by atoms with Crippen LogP contribution in [0.25, 0.3) is 22.4 Å². The number of hydrogen-bond donors (Lipinski definition) is 2. The molecule has 5 nitrogen and oxygen atoms in total. The maximum atomic E-state index is 13.0. The summed E-state index contributed by atoms with van der Waals surface area (Å²) in [4.78, 5) is 23.9. The van der Waals surface area contributed by atoms with Crippen LogP contribution in [-0.2, 0) is 12.7 Å². The first kappa shape index (κ1) is 18.7. The number of aromatic nitrogens is 3. The van der Waals surface area contributed by atoms with Crippen molar-refractivity contribution in [2.24, 2.45) is 0 Å². The number of para-hydroxylation sites is 1. The second-order valence-electron chi connectivity index (χ2n) is 6.40. The van der Waals surface area contributed by atoms with Crippen LogP contribution in [0.1, 0.15) is 21.5 Å². The number of rotatable bonds is 4. The number of fused-ring (bicyclic) bond motifs is 1. The molecule has 4 rings (SSSR count). The molecular weight excluding hydrogens is 381 g/mol. The van der Waals surface area contributed by atoms with Gasteiger partial charge in [0.2, 0.25) is 0 Å². The van der Waals surface area contributed by atoms with Crippen molar-refractivity contribution < 1.29 is 18.0 Å². The molecule has 146 valence electrons. The monoisotopic (exact) mass is 396 g/mol. The predicted molar refractivity (Wildman–Crippen MR) is 102 cm³/mol. The third kappa shape index (κ3) is 3.96. The van der Waals surface area contributed by atoms with Crippen molar-refractivity contribution in [3.05, 3.63) is 83.7 Å². The standard InChI is InChI=1S/C21H15F3N4O/c22-21(23,24)15-4-1-3-14(11-15)19-27-17-6-2-5-16(18(17)28-19)20(29)26-12-13-7-9-25-10-8-13/h1-11H,12H2,(H,26,29)(H,27,28). The Morgan fingerprint density at radius 3 is 2.55 bits per heavy atom. The second-order valence-corrected chi connectivity index (χ2v) is 6.40. The van der Waals surface area contributed by atoms with E-state index >= 15 is 0 Å². The molecule has 2 aromatic heterocycles. The predicted octanol–water partition coefficient (Wildman–Crippen LogP) is 4.57. The number of amides is 1. The first-order valence-electron chi connectivity index (χ1n) is 8.75. The lowest BCUT2D eigenvalue weighted by Gasteiger charge is -2.07. The van der Waals surface area contributed by atoms with Crippen molar-refractivity contribution in [2.75, 3.05) is 0 Å². The zero-order valence-corrected chi connectivity index (χ0v) is 15.0. The van der Waals surface area contributed by atoms with Crippen molar-refractivity contribution in [3.8, 4) is 11.4 Å². The smallest absolute Gasteiger partial charge is 0.348 e. The molecule has 29 heavy (non-hydrogen) atoms. The summed E-state index contributed by atoms with van der Waals surface area (Å²) in [6.07, 6.45) is -1.17. The van der Waals surface area contributed by atoms with Crippen LogP contribution in [0.2, 0.25) is 0 Å². The highest BCUT2D eigenvalue weighted by Crippen LogP contribution is 2.32. The van der Waals surface area contributed by atoms with Gasteiger partial charge >= 0.3 is 6.18 Å². The Bertz CT molecular complexity index is 1170. The largest absolute Gasteiger partial charge is 0.416 e. The minimum absolute atomic E-state index is 0.264. The molecule has 2 heterocycles. The first-order valence-corrected chi connectivity index (χ1v) is 8.75. The molecule has 1 amide bonds. The van der Waals surface area contributed by atoms with Gasteiger partial charge < -0.3 is 10.3 Å². The summed E-state index contributed by atoms with van der Waals surface area (Å²) in [5.74, 6) is -0.0602. The zero-order valence-electron chi connectivity index (χ0n) is 15.0. The summed E-state index contributed by atoms with van der Waals surface area (Å²) >= 11 is 0. The van der Waals surface area contributed by atoms with Crippen molar-refractivity contribution in [1.29, 1.82) is 0 Å². The minimum atomic E-state index is -4.44. The fraction of sp³-hybridized carbons (Fsp3) is 0.0952. The molecule has 4 aromatic rings. The van der Waals surface area contributed by atoms with Gasteiger partial charge in [-0.25, -0.2) is 4.98 Å². The van der Waals surface area contributed by atoms with Gasteiger partial charge in [-0.1, -0.05) is 18.2 Å². The molecule has 0 aliphatic rings. The van der Waals surface area contributed by atoms with E-state index in [1.54, 1.807) is 42.7 Å². The van der Waals surface area contributed by atoms with Crippen LogP contribution in [0.4, 0.5) is 13.2 Å². The van der Waals surface area contributed by atoms with Crippen molar-refractivity contribution >= 4 is 16.9 Å². The summed E-state index contributed by atoms with van der Waals surface area (Å²) < 4.78 is 39.0. The Labute approximate surface area is 163 Å². The third-order valence-electron chi connectivity index (χ3n) is 4.42. The Hall–Kier alpha value is -3.68. The Morgan fingerprint density at radius 2 is 1.79 bits per heavy atom. The van der Waals surface area contributed by atoms with Gasteiger partial charge in [-0.2, -0.15) is 13.2 Å². The molecular formula is C21H15F3N4O. The van der Waals surface area contributed by atoms with Crippen LogP contribution >= 0.6 is 0 Å². The van der Waals surface area contributed by atoms with Crippen LogP contribution < -0.4 is 5.32 Å². The van der Waals surface area contributed by atoms with E-state index in [0.29, 0.717) is 28.7 Å². The number of aromatic amines is 1. The fourth-order valence-electron chi connectivity index (χ4n) is 2.97. The SMILES string of the molecule is O=C(NCc1ccncc1)c1cccc2[nH]c(-c3cccc(C(F)(F)F)c3)nc12. The number of imidazole rings is 1. The molecule has 0 atom stereocenters. The number of nitrogens with zero attached hydrogens (tertiary/aromatic N) is 2. The van der Waals surface area contributed by atoms with E-state index in [2.05, 4.69) is 20.3 Å². The minimum Gasteiger partial charge on any atom is -0.348 e. The number of hydrogen-bond acceptors (Lipinski definition) is 3. The Morgan fingerprint density at radius 1 is 1.03 bits per heavy atom. The lowest BCUT2D eigenvalue weighted by molar-refractivity contribution is -0.137. The van der Waals surface area contributed by atoms with E-state index < -0.39 is 11.7 Å². The number of alkyl halides is 3. The van der Waals surface area contributed by atoms with Crippen LogP contribution in [-0.4, -0.2) is 20.9 Å². The maximum Gasteiger partial charge on any atom is 0.416 e. The molecule has 0 aliphatic heterocycles. The molecule has 0 saturated carbocycles. The summed E-state index contributed by atoms with van der Waals surface area (Å²) in [7, 11) is 0. The molecule has 8 heteroatoms. The van der Waals surface area contributed by atoms with Crippen molar-refractivity contribution in [3.63, 3.8) is 0 Å². The second kappa shape index (κ2) is 7.38. The molecule has 0 saturated heterocycles. The summed E-state index contributed by atoms with van der Waals surface area (Å²) in [6, 6.07) is 13.5. The van der Waals surface area contributed by atoms with Gasteiger partial charge in [0.1, 0.15) is 11.3 Å². The van der Waals surface area contributed by atoms with Gasteiger partial charge in [0, 0.05) is 24.5 Å². The number of nitrogens with one attached hydrogen (secondary N) is 2. The quantitative estimate of drug-likeness (QED) is 0.531. The first-order chi connectivity index (χ1) is 13.9. The van der Waals surface area contributed by atoms with Gasteiger partial charge in [0.15, 0.2) is 0 Å². The number of carbonyl (C=O) groups is 1. The molecule has 0 aliphatic carbocycles. The van der Waals surface area contributed by atoms with Crippen molar-refractivity contribution in [1.82, 2.24) is 20.3 Å². The van der Waals surface area contributed by atoms with Gasteiger partial charge in [-0.05, 0) is 42.0 Å². The van der Waals surface area contributed by atoms with E-state index in [0.717, 1.165) is 17.7 Å². The number of H-pyrrole nitrogens is 1. The highest BCUT2D eigenvalue weighted by molar-refractivity contribution is 6.05.